The molecule has 0 aliphatic carbocycles. The summed E-state index contributed by atoms with van der Waals surface area (Å²) in [6.45, 7) is 0. The van der Waals surface area contributed by atoms with E-state index in [1.165, 1.54) is 30.1 Å². The van der Waals surface area contributed by atoms with Crippen molar-refractivity contribution in [2.75, 3.05) is 12.1 Å². The minimum absolute atomic E-state index is 0.260. The third-order valence-electron chi connectivity index (χ3n) is 1.45. The van der Waals surface area contributed by atoms with E-state index in [2.05, 4.69) is 20.1 Å². The molecule has 0 fully saturated rings. The van der Waals surface area contributed by atoms with Crippen LogP contribution in [0.15, 0.2) is 29.5 Å². The van der Waals surface area contributed by atoms with Gasteiger partial charge < -0.3 is 5.73 Å². The number of hydrogen-bond acceptors (Lipinski definition) is 7. The molecular formula is C8H9N7. The minimum atomic E-state index is 0.260. The molecule has 1 aromatic heterocycles. The molecule has 2 N–H and O–H groups in total. The molecule has 7 heteroatoms. The number of anilines is 1. The molecule has 0 bridgehead atoms. The van der Waals surface area contributed by atoms with E-state index in [9.17, 15) is 0 Å². The second-order valence-electron chi connectivity index (χ2n) is 2.44. The smallest absolute Gasteiger partial charge is 0.248 e. The molecular weight excluding hydrogens is 194 g/mol. The van der Waals surface area contributed by atoms with Crippen LogP contribution in [0.4, 0.5) is 5.95 Å². The number of nitrogens with two attached hydrogens (primary N) is 1. The molecule has 1 rings (SSSR count). The van der Waals surface area contributed by atoms with Crippen LogP contribution in [0.5, 0.6) is 0 Å². The van der Waals surface area contributed by atoms with Crippen LogP contribution in [0.25, 0.3) is 0 Å². The van der Waals surface area contributed by atoms with Gasteiger partial charge in [0.15, 0.2) is 0 Å². The van der Waals surface area contributed by atoms with Crippen molar-refractivity contribution in [3.8, 4) is 6.07 Å². The van der Waals surface area contributed by atoms with E-state index >= 15 is 0 Å². The van der Waals surface area contributed by atoms with E-state index in [1.54, 1.807) is 7.05 Å². The van der Waals surface area contributed by atoms with Gasteiger partial charge in [0.2, 0.25) is 5.95 Å². The molecule has 0 atom stereocenters. The lowest BCUT2D eigenvalue weighted by Gasteiger charge is -2.08. The van der Waals surface area contributed by atoms with Crippen molar-refractivity contribution in [1.29, 1.82) is 5.26 Å². The van der Waals surface area contributed by atoms with Crippen LogP contribution < -0.4 is 10.7 Å². The summed E-state index contributed by atoms with van der Waals surface area (Å²) in [4.78, 5) is 11.4. The molecule has 0 unspecified atom stereocenters. The predicted molar refractivity (Wildman–Crippen MR) is 54.6 cm³/mol. The maximum atomic E-state index is 8.56. The Morgan fingerprint density at radius 3 is 2.80 bits per heavy atom. The Kier molecular flexibility index (Phi) is 3.73. The molecule has 0 aromatic carbocycles. The first kappa shape index (κ1) is 10.6. The van der Waals surface area contributed by atoms with Crippen molar-refractivity contribution in [2.45, 2.75) is 0 Å². The van der Waals surface area contributed by atoms with Crippen molar-refractivity contribution in [2.24, 2.45) is 10.8 Å². The molecule has 0 saturated heterocycles. The number of aromatic nitrogens is 3. The second-order valence-corrected chi connectivity index (χ2v) is 2.44. The summed E-state index contributed by atoms with van der Waals surface area (Å²) >= 11 is 0. The normalized spacial score (nSPS) is 11.3. The molecule has 0 saturated carbocycles. The second kappa shape index (κ2) is 5.29. The molecule has 1 heterocycles. The van der Waals surface area contributed by atoms with Gasteiger partial charge in [0.05, 0.1) is 11.8 Å². The van der Waals surface area contributed by atoms with Gasteiger partial charge in [-0.2, -0.15) is 20.3 Å². The van der Waals surface area contributed by atoms with Crippen molar-refractivity contribution in [3.63, 3.8) is 0 Å². The average Bonchev–Trinajstić information content (AvgIpc) is 2.31. The highest BCUT2D eigenvalue weighted by Gasteiger charge is 1.99. The van der Waals surface area contributed by atoms with Gasteiger partial charge in [-0.05, 0) is 0 Å². The fraction of sp³-hybridized carbons (Fsp3) is 0.125. The number of nitriles is 1. The number of nitrogens with zero attached hydrogens (tertiary/aromatic N) is 6. The molecule has 0 aliphatic rings. The largest absolute Gasteiger partial charge is 0.403 e. The zero-order chi connectivity index (χ0) is 11.1. The van der Waals surface area contributed by atoms with Crippen LogP contribution >= 0.6 is 0 Å². The van der Waals surface area contributed by atoms with Crippen molar-refractivity contribution < 1.29 is 0 Å². The van der Waals surface area contributed by atoms with Gasteiger partial charge in [-0.3, -0.25) is 0 Å². The van der Waals surface area contributed by atoms with Gasteiger partial charge in [-0.25, -0.2) is 9.99 Å². The summed E-state index contributed by atoms with van der Waals surface area (Å²) in [5, 5.41) is 13.9. The predicted octanol–water partition coefficient (Wildman–Crippen LogP) is -0.340. The van der Waals surface area contributed by atoms with Crippen LogP contribution in [-0.2, 0) is 0 Å². The van der Waals surface area contributed by atoms with Crippen molar-refractivity contribution in [3.05, 3.63) is 24.4 Å². The molecule has 1 aromatic rings. The zero-order valence-electron chi connectivity index (χ0n) is 8.07. The molecule has 0 radical (unpaired) electrons. The monoisotopic (exact) mass is 203 g/mol. The summed E-state index contributed by atoms with van der Waals surface area (Å²) in [5.41, 5.74) is 5.43. The first-order chi connectivity index (χ1) is 7.27. The van der Waals surface area contributed by atoms with Crippen LogP contribution in [0, 0.1) is 11.3 Å². The first-order valence-electron chi connectivity index (χ1n) is 3.99. The fourth-order valence-corrected chi connectivity index (χ4v) is 0.710. The molecule has 0 aliphatic heterocycles. The number of hydrogen-bond donors (Lipinski definition) is 1. The van der Waals surface area contributed by atoms with Crippen LogP contribution in [0.3, 0.4) is 0 Å². The topological polar surface area (TPSA) is 104 Å². The van der Waals surface area contributed by atoms with E-state index < -0.39 is 0 Å². The molecule has 0 amide bonds. The van der Waals surface area contributed by atoms with E-state index in [-0.39, 0.29) is 5.57 Å². The van der Waals surface area contributed by atoms with Crippen LogP contribution in [-0.4, -0.2) is 28.2 Å². The lowest BCUT2D eigenvalue weighted by Crippen LogP contribution is -2.12. The van der Waals surface area contributed by atoms with Crippen molar-refractivity contribution in [1.82, 2.24) is 15.0 Å². The lowest BCUT2D eigenvalue weighted by atomic mass is 10.4. The van der Waals surface area contributed by atoms with Gasteiger partial charge in [0.25, 0.3) is 0 Å². The molecule has 15 heavy (non-hydrogen) atoms. The minimum Gasteiger partial charge on any atom is -0.403 e. The van der Waals surface area contributed by atoms with E-state index in [0.717, 1.165) is 0 Å². The molecule has 7 nitrogen and oxygen atoms in total. The standard InChI is InChI=1S/C8H9N7/c1-15(8-12-5-11-6-13-8)14-4-7(2-9)3-10/h2,4-6H,9H2,1H3/b7-2+,14-4-. The Morgan fingerprint density at radius 1 is 1.60 bits per heavy atom. The van der Waals surface area contributed by atoms with E-state index in [0.29, 0.717) is 5.95 Å². The Balaban J connectivity index is 2.73. The Bertz CT molecular complexity index is 403. The summed E-state index contributed by atoms with van der Waals surface area (Å²) < 4.78 is 0. The van der Waals surface area contributed by atoms with Gasteiger partial charge in [-0.15, -0.1) is 0 Å². The molecule has 76 valence electrons. The van der Waals surface area contributed by atoms with Crippen molar-refractivity contribution >= 4 is 12.2 Å². The summed E-state index contributed by atoms with van der Waals surface area (Å²) in [6.07, 6.45) is 5.21. The van der Waals surface area contributed by atoms with Crippen LogP contribution in [0.1, 0.15) is 0 Å². The highest BCUT2D eigenvalue weighted by atomic mass is 15.5. The van der Waals surface area contributed by atoms with Gasteiger partial charge >= 0.3 is 0 Å². The van der Waals surface area contributed by atoms with E-state index in [4.69, 9.17) is 11.0 Å². The number of rotatable bonds is 3. The Labute approximate surface area is 86.6 Å². The highest BCUT2D eigenvalue weighted by molar-refractivity contribution is 5.83. The fourth-order valence-electron chi connectivity index (χ4n) is 0.710. The third kappa shape index (κ3) is 3.04. The quantitative estimate of drug-likeness (QED) is 0.409. The number of allylic oxidation sites excluding steroid dienone is 1. The summed E-state index contributed by atoms with van der Waals surface area (Å²) in [5.74, 6) is 0.385. The lowest BCUT2D eigenvalue weighted by molar-refractivity contribution is 0.907. The van der Waals surface area contributed by atoms with Gasteiger partial charge in [0, 0.05) is 13.2 Å². The highest BCUT2D eigenvalue weighted by Crippen LogP contribution is 2.00. The van der Waals surface area contributed by atoms with E-state index in [1.807, 2.05) is 6.07 Å². The SMILES string of the molecule is CN(/N=C\C(C#N)=C\N)c1ncncn1. The van der Waals surface area contributed by atoms with Crippen LogP contribution in [0.2, 0.25) is 0 Å². The maximum Gasteiger partial charge on any atom is 0.248 e. The Morgan fingerprint density at radius 2 is 2.27 bits per heavy atom. The average molecular weight is 203 g/mol. The molecule has 0 spiro atoms. The number of hydrazone groups is 1. The third-order valence-corrected chi connectivity index (χ3v) is 1.45. The van der Waals surface area contributed by atoms with Gasteiger partial charge in [0.1, 0.15) is 18.7 Å². The summed E-state index contributed by atoms with van der Waals surface area (Å²) in [7, 11) is 1.65. The zero-order valence-corrected chi connectivity index (χ0v) is 8.07. The summed E-state index contributed by atoms with van der Waals surface area (Å²) in [6, 6.07) is 1.87. The Hall–Kier alpha value is -2.49. The van der Waals surface area contributed by atoms with Gasteiger partial charge in [-0.1, -0.05) is 0 Å². The first-order valence-corrected chi connectivity index (χ1v) is 3.99. The maximum absolute atomic E-state index is 8.56.